The van der Waals surface area contributed by atoms with Crippen LogP contribution in [0.3, 0.4) is 0 Å². The van der Waals surface area contributed by atoms with Crippen molar-refractivity contribution in [3.8, 4) is 5.75 Å². The van der Waals surface area contributed by atoms with Gasteiger partial charge in [0.2, 0.25) is 0 Å². The molecule has 4 heteroatoms. The van der Waals surface area contributed by atoms with E-state index in [-0.39, 0.29) is 6.04 Å². The molecule has 1 aliphatic carbocycles. The number of hydrogen-bond donors (Lipinski definition) is 2. The zero-order valence-corrected chi connectivity index (χ0v) is 17.4. The van der Waals surface area contributed by atoms with Crippen LogP contribution in [-0.2, 0) is 0 Å². The van der Waals surface area contributed by atoms with Crippen LogP contribution in [0.5, 0.6) is 5.75 Å². The van der Waals surface area contributed by atoms with Gasteiger partial charge in [0.15, 0.2) is 5.11 Å². The number of nitrogens with one attached hydrogen (secondary N) is 2. The second-order valence-electron chi connectivity index (χ2n) is 7.45. The van der Waals surface area contributed by atoms with E-state index in [1.807, 2.05) is 24.3 Å². The molecule has 2 aromatic rings. The second-order valence-corrected chi connectivity index (χ2v) is 7.86. The predicted octanol–water partition coefficient (Wildman–Crippen LogP) is 6.06. The normalized spacial score (nSPS) is 15.4. The summed E-state index contributed by atoms with van der Waals surface area (Å²) in [6.07, 6.45) is 6.26. The number of thiocarbonyl (C=S) groups is 1. The van der Waals surface area contributed by atoms with E-state index in [1.54, 1.807) is 0 Å². The fraction of sp³-hybridized carbons (Fsp3) is 0.435. The quantitative estimate of drug-likeness (QED) is 0.595. The Balaban J connectivity index is 1.56. The van der Waals surface area contributed by atoms with E-state index in [4.69, 9.17) is 17.0 Å². The molecule has 3 rings (SSSR count). The second kappa shape index (κ2) is 9.23. The van der Waals surface area contributed by atoms with Crippen LogP contribution < -0.4 is 15.4 Å². The molecule has 1 aliphatic rings. The van der Waals surface area contributed by atoms with E-state index in [2.05, 4.69) is 49.6 Å². The van der Waals surface area contributed by atoms with Gasteiger partial charge in [-0.15, -0.1) is 0 Å². The van der Waals surface area contributed by atoms with Crippen LogP contribution in [0.25, 0.3) is 0 Å². The molecular weight excluding hydrogens is 352 g/mol. The van der Waals surface area contributed by atoms with E-state index >= 15 is 0 Å². The Morgan fingerprint density at radius 1 is 1.07 bits per heavy atom. The molecule has 0 radical (unpaired) electrons. The van der Waals surface area contributed by atoms with Gasteiger partial charge in [0, 0.05) is 5.69 Å². The lowest BCUT2D eigenvalue weighted by Crippen LogP contribution is -2.32. The standard InChI is InChI=1S/C23H30N2OS/c1-4-22(18-10-9-16(2)17(3)15-18)25-23(27)24-19-11-13-21(14-12-19)26-20-7-5-6-8-20/h9-15,20,22H,4-8H2,1-3H3,(H2,24,25,27)/t22-/m0/s1. The Kier molecular flexibility index (Phi) is 6.73. The van der Waals surface area contributed by atoms with Gasteiger partial charge >= 0.3 is 0 Å². The van der Waals surface area contributed by atoms with Crippen LogP contribution in [-0.4, -0.2) is 11.2 Å². The average molecular weight is 383 g/mol. The Morgan fingerprint density at radius 2 is 1.78 bits per heavy atom. The maximum atomic E-state index is 6.02. The van der Waals surface area contributed by atoms with Gasteiger partial charge < -0.3 is 15.4 Å². The highest BCUT2D eigenvalue weighted by molar-refractivity contribution is 7.80. The number of ether oxygens (including phenoxy) is 1. The minimum atomic E-state index is 0.203. The van der Waals surface area contributed by atoms with Gasteiger partial charge in [-0.2, -0.15) is 0 Å². The summed E-state index contributed by atoms with van der Waals surface area (Å²) < 4.78 is 6.02. The molecule has 0 amide bonds. The molecule has 0 heterocycles. The molecule has 27 heavy (non-hydrogen) atoms. The SMILES string of the molecule is CC[C@H](NC(=S)Nc1ccc(OC2CCCC2)cc1)c1ccc(C)c(C)c1. The summed E-state index contributed by atoms with van der Waals surface area (Å²) in [6.45, 7) is 6.46. The third kappa shape index (κ3) is 5.46. The first-order chi connectivity index (χ1) is 13.0. The molecule has 0 unspecified atom stereocenters. The monoisotopic (exact) mass is 382 g/mol. The average Bonchev–Trinajstić information content (AvgIpc) is 3.17. The van der Waals surface area contributed by atoms with Crippen LogP contribution in [0.15, 0.2) is 42.5 Å². The molecule has 0 aromatic heterocycles. The Hall–Kier alpha value is -2.07. The minimum Gasteiger partial charge on any atom is -0.490 e. The molecule has 1 atom stereocenters. The third-order valence-electron chi connectivity index (χ3n) is 5.36. The summed E-state index contributed by atoms with van der Waals surface area (Å²) in [5.74, 6) is 0.938. The molecule has 1 fully saturated rings. The lowest BCUT2D eigenvalue weighted by atomic mass is 9.99. The lowest BCUT2D eigenvalue weighted by Gasteiger charge is -2.21. The largest absolute Gasteiger partial charge is 0.490 e. The van der Waals surface area contributed by atoms with Gasteiger partial charge in [-0.3, -0.25) is 0 Å². The lowest BCUT2D eigenvalue weighted by molar-refractivity contribution is 0.210. The van der Waals surface area contributed by atoms with Crippen molar-refractivity contribution in [2.24, 2.45) is 0 Å². The first-order valence-corrected chi connectivity index (χ1v) is 10.4. The van der Waals surface area contributed by atoms with E-state index in [0.717, 1.165) is 17.9 Å². The van der Waals surface area contributed by atoms with E-state index in [1.165, 1.54) is 42.4 Å². The van der Waals surface area contributed by atoms with Crippen molar-refractivity contribution in [1.29, 1.82) is 0 Å². The summed E-state index contributed by atoms with van der Waals surface area (Å²) >= 11 is 5.53. The maximum absolute atomic E-state index is 6.02. The maximum Gasteiger partial charge on any atom is 0.171 e. The van der Waals surface area contributed by atoms with Crippen molar-refractivity contribution in [2.45, 2.75) is 65.0 Å². The number of benzene rings is 2. The zero-order chi connectivity index (χ0) is 19.2. The van der Waals surface area contributed by atoms with E-state index in [9.17, 15) is 0 Å². The van der Waals surface area contributed by atoms with Crippen LogP contribution in [0.2, 0.25) is 0 Å². The molecule has 0 saturated heterocycles. The zero-order valence-electron chi connectivity index (χ0n) is 16.5. The first-order valence-electron chi connectivity index (χ1n) is 9.96. The Labute approximate surface area is 168 Å². The van der Waals surface area contributed by atoms with Gasteiger partial charge in [-0.1, -0.05) is 25.1 Å². The number of aryl methyl sites for hydroxylation is 2. The van der Waals surface area contributed by atoms with Gasteiger partial charge in [0.25, 0.3) is 0 Å². The minimum absolute atomic E-state index is 0.203. The summed E-state index contributed by atoms with van der Waals surface area (Å²) in [5, 5.41) is 7.37. The highest BCUT2D eigenvalue weighted by atomic mass is 32.1. The number of anilines is 1. The smallest absolute Gasteiger partial charge is 0.171 e. The molecule has 1 saturated carbocycles. The van der Waals surface area contributed by atoms with Crippen molar-refractivity contribution >= 4 is 23.0 Å². The van der Waals surface area contributed by atoms with Crippen molar-refractivity contribution in [2.75, 3.05) is 5.32 Å². The van der Waals surface area contributed by atoms with Crippen LogP contribution in [0.1, 0.15) is 61.8 Å². The van der Waals surface area contributed by atoms with E-state index < -0.39 is 0 Å². The van der Waals surface area contributed by atoms with Crippen molar-refractivity contribution < 1.29 is 4.74 Å². The summed E-state index contributed by atoms with van der Waals surface area (Å²) in [5.41, 5.74) is 4.87. The third-order valence-corrected chi connectivity index (χ3v) is 5.58. The van der Waals surface area contributed by atoms with Gasteiger partial charge in [-0.25, -0.2) is 0 Å². The highest BCUT2D eigenvalue weighted by Gasteiger charge is 2.16. The van der Waals surface area contributed by atoms with Gasteiger partial charge in [0.1, 0.15) is 5.75 Å². The Bertz CT molecular complexity index is 766. The first kappa shape index (κ1) is 19.7. The van der Waals surface area contributed by atoms with Gasteiger partial charge in [-0.05, 0) is 99.1 Å². The molecule has 2 N–H and O–H groups in total. The Morgan fingerprint density at radius 3 is 2.41 bits per heavy atom. The summed E-state index contributed by atoms with van der Waals surface area (Å²) in [7, 11) is 0. The molecule has 0 aliphatic heterocycles. The topological polar surface area (TPSA) is 33.3 Å². The fourth-order valence-electron chi connectivity index (χ4n) is 3.54. The number of rotatable bonds is 6. The van der Waals surface area contributed by atoms with Crippen molar-refractivity contribution in [3.63, 3.8) is 0 Å². The highest BCUT2D eigenvalue weighted by Crippen LogP contribution is 2.25. The van der Waals surface area contributed by atoms with Crippen LogP contribution in [0.4, 0.5) is 5.69 Å². The number of hydrogen-bond acceptors (Lipinski definition) is 2. The molecule has 2 aromatic carbocycles. The summed E-state index contributed by atoms with van der Waals surface area (Å²) in [6, 6.07) is 14.9. The van der Waals surface area contributed by atoms with Gasteiger partial charge in [0.05, 0.1) is 12.1 Å². The fourth-order valence-corrected chi connectivity index (χ4v) is 3.80. The molecule has 0 spiro atoms. The van der Waals surface area contributed by atoms with Crippen molar-refractivity contribution in [1.82, 2.24) is 5.32 Å². The molecular formula is C23H30N2OS. The molecule has 144 valence electrons. The summed E-state index contributed by atoms with van der Waals surface area (Å²) in [4.78, 5) is 0. The molecule has 3 nitrogen and oxygen atoms in total. The van der Waals surface area contributed by atoms with Crippen LogP contribution >= 0.6 is 12.2 Å². The molecule has 0 bridgehead atoms. The predicted molar refractivity (Wildman–Crippen MR) is 118 cm³/mol. The van der Waals surface area contributed by atoms with Crippen molar-refractivity contribution in [3.05, 3.63) is 59.2 Å². The van der Waals surface area contributed by atoms with Crippen LogP contribution in [0, 0.1) is 13.8 Å². The van der Waals surface area contributed by atoms with E-state index in [0.29, 0.717) is 11.2 Å².